The molecule has 0 radical (unpaired) electrons. The molecule has 0 unspecified atom stereocenters. The van der Waals surface area contributed by atoms with E-state index >= 15 is 0 Å². The lowest BCUT2D eigenvalue weighted by atomic mass is 9.74. The summed E-state index contributed by atoms with van der Waals surface area (Å²) in [6.07, 6.45) is 5.23. The number of nitrogens with one attached hydrogen (secondary N) is 2. The highest BCUT2D eigenvalue weighted by Crippen LogP contribution is 2.40. The summed E-state index contributed by atoms with van der Waals surface area (Å²) in [6.45, 7) is 3.32. The van der Waals surface area contributed by atoms with Crippen LogP contribution < -0.4 is 5.32 Å². The van der Waals surface area contributed by atoms with Crippen molar-refractivity contribution < 1.29 is 9.53 Å². The molecule has 1 aliphatic carbocycles. The Morgan fingerprint density at radius 3 is 2.72 bits per heavy atom. The molecule has 0 aromatic heterocycles. The first-order valence-corrected chi connectivity index (χ1v) is 6.80. The van der Waals surface area contributed by atoms with Crippen molar-refractivity contribution in [2.45, 2.75) is 44.6 Å². The molecule has 2 amide bonds. The van der Waals surface area contributed by atoms with E-state index in [0.29, 0.717) is 19.0 Å². The van der Waals surface area contributed by atoms with Gasteiger partial charge in [0.25, 0.3) is 0 Å². The number of methoxy groups -OCH3 is 1. The molecule has 2 rings (SSSR count). The van der Waals surface area contributed by atoms with Gasteiger partial charge in [0.15, 0.2) is 0 Å². The van der Waals surface area contributed by atoms with Gasteiger partial charge in [-0.15, -0.1) is 0 Å². The van der Waals surface area contributed by atoms with Gasteiger partial charge in [0.05, 0.1) is 6.61 Å². The first-order valence-electron chi connectivity index (χ1n) is 6.80. The standard InChI is InChI=1S/C13H23N3O2/c1-3-10-4-6-13(7-5-10)11(14)15-12(17)16(13)8-9-18-2/h10H,3-9H2,1-2H3,(H2,14,15,17). The number of rotatable bonds is 4. The van der Waals surface area contributed by atoms with E-state index in [2.05, 4.69) is 12.2 Å². The van der Waals surface area contributed by atoms with E-state index in [1.54, 1.807) is 7.11 Å². The Hall–Kier alpha value is -1.10. The molecular formula is C13H23N3O2. The number of hydrogen-bond acceptors (Lipinski definition) is 3. The van der Waals surface area contributed by atoms with Gasteiger partial charge in [-0.3, -0.25) is 10.7 Å². The molecule has 1 aliphatic heterocycles. The minimum absolute atomic E-state index is 0.132. The number of urea groups is 1. The fourth-order valence-electron chi connectivity index (χ4n) is 3.20. The Morgan fingerprint density at radius 2 is 2.17 bits per heavy atom. The van der Waals surface area contributed by atoms with E-state index in [-0.39, 0.29) is 11.6 Å². The van der Waals surface area contributed by atoms with Crippen molar-refractivity contribution in [1.29, 1.82) is 5.41 Å². The summed E-state index contributed by atoms with van der Waals surface area (Å²) in [4.78, 5) is 13.7. The van der Waals surface area contributed by atoms with Gasteiger partial charge >= 0.3 is 6.03 Å². The SMILES string of the molecule is CCC1CCC2(CC1)C(=N)NC(=O)N2CCOC. The summed E-state index contributed by atoms with van der Waals surface area (Å²) in [6, 6.07) is -0.132. The average molecular weight is 253 g/mol. The number of carbonyl (C=O) groups excluding carboxylic acids is 1. The zero-order valence-corrected chi connectivity index (χ0v) is 11.3. The third-order valence-electron chi connectivity index (χ3n) is 4.49. The van der Waals surface area contributed by atoms with Crippen molar-refractivity contribution in [2.24, 2.45) is 5.92 Å². The van der Waals surface area contributed by atoms with Crippen LogP contribution in [0.4, 0.5) is 4.79 Å². The Morgan fingerprint density at radius 1 is 1.50 bits per heavy atom. The molecule has 1 saturated heterocycles. The Bertz CT molecular complexity index is 335. The summed E-state index contributed by atoms with van der Waals surface area (Å²) < 4.78 is 5.07. The summed E-state index contributed by atoms with van der Waals surface area (Å²) in [5.41, 5.74) is -0.374. The second-order valence-electron chi connectivity index (χ2n) is 5.33. The van der Waals surface area contributed by atoms with Crippen LogP contribution in [0.25, 0.3) is 0 Å². The van der Waals surface area contributed by atoms with Crippen molar-refractivity contribution in [3.8, 4) is 0 Å². The van der Waals surface area contributed by atoms with Gasteiger partial charge in [0, 0.05) is 13.7 Å². The molecule has 0 aromatic carbocycles. The lowest BCUT2D eigenvalue weighted by molar-refractivity contribution is 0.0959. The molecular weight excluding hydrogens is 230 g/mol. The molecule has 1 heterocycles. The van der Waals surface area contributed by atoms with Gasteiger partial charge in [0.1, 0.15) is 11.4 Å². The van der Waals surface area contributed by atoms with Crippen LogP contribution in [0.2, 0.25) is 0 Å². The number of amidine groups is 1. The molecule has 0 bridgehead atoms. The van der Waals surface area contributed by atoms with Crippen molar-refractivity contribution in [3.63, 3.8) is 0 Å². The second kappa shape index (κ2) is 5.26. The smallest absolute Gasteiger partial charge is 0.323 e. The van der Waals surface area contributed by atoms with Gasteiger partial charge in [-0.25, -0.2) is 4.79 Å². The van der Waals surface area contributed by atoms with E-state index in [4.69, 9.17) is 10.1 Å². The number of ether oxygens (including phenoxy) is 1. The van der Waals surface area contributed by atoms with E-state index in [0.717, 1.165) is 31.6 Å². The zero-order valence-electron chi connectivity index (χ0n) is 11.3. The van der Waals surface area contributed by atoms with E-state index in [1.165, 1.54) is 6.42 Å². The third-order valence-corrected chi connectivity index (χ3v) is 4.49. The molecule has 2 fully saturated rings. The van der Waals surface area contributed by atoms with E-state index in [9.17, 15) is 4.79 Å². The minimum atomic E-state index is -0.374. The van der Waals surface area contributed by atoms with Gasteiger partial charge in [-0.05, 0) is 31.6 Å². The molecule has 1 spiro atoms. The highest BCUT2D eigenvalue weighted by molar-refractivity contribution is 6.08. The first kappa shape index (κ1) is 13.3. The maximum atomic E-state index is 11.9. The van der Waals surface area contributed by atoms with Crippen LogP contribution in [0.15, 0.2) is 0 Å². The Labute approximate surface area is 108 Å². The number of hydrogen-bond donors (Lipinski definition) is 2. The van der Waals surface area contributed by atoms with Gasteiger partial charge in [0.2, 0.25) is 0 Å². The molecule has 18 heavy (non-hydrogen) atoms. The molecule has 0 aromatic rings. The quantitative estimate of drug-likeness (QED) is 0.804. The highest BCUT2D eigenvalue weighted by atomic mass is 16.5. The molecule has 102 valence electrons. The summed E-state index contributed by atoms with van der Waals surface area (Å²) in [5, 5.41) is 10.8. The second-order valence-corrected chi connectivity index (χ2v) is 5.33. The molecule has 5 nitrogen and oxygen atoms in total. The predicted octanol–water partition coefficient (Wildman–Crippen LogP) is 1.97. The van der Waals surface area contributed by atoms with Crippen molar-refractivity contribution in [2.75, 3.05) is 20.3 Å². The first-order chi connectivity index (χ1) is 8.64. The normalized spacial score (nSPS) is 32.1. The number of amides is 2. The highest BCUT2D eigenvalue weighted by Gasteiger charge is 2.51. The monoisotopic (exact) mass is 253 g/mol. The van der Waals surface area contributed by atoms with Gasteiger partial charge in [-0.1, -0.05) is 13.3 Å². The van der Waals surface area contributed by atoms with Gasteiger partial charge < -0.3 is 9.64 Å². The molecule has 2 aliphatic rings. The van der Waals surface area contributed by atoms with Crippen LogP contribution in [-0.2, 0) is 4.74 Å². The Balaban J connectivity index is 2.12. The van der Waals surface area contributed by atoms with Crippen LogP contribution >= 0.6 is 0 Å². The molecule has 2 N–H and O–H groups in total. The number of nitrogens with zero attached hydrogens (tertiary/aromatic N) is 1. The fraction of sp³-hybridized carbons (Fsp3) is 0.846. The Kier molecular flexibility index (Phi) is 3.90. The molecule has 1 saturated carbocycles. The van der Waals surface area contributed by atoms with Gasteiger partial charge in [-0.2, -0.15) is 0 Å². The number of carbonyl (C=O) groups is 1. The zero-order chi connectivity index (χ0) is 13.2. The summed E-state index contributed by atoms with van der Waals surface area (Å²) in [5.74, 6) is 1.14. The van der Waals surface area contributed by atoms with Crippen LogP contribution in [0.5, 0.6) is 0 Å². The van der Waals surface area contributed by atoms with E-state index in [1.807, 2.05) is 4.90 Å². The van der Waals surface area contributed by atoms with Crippen LogP contribution in [0.1, 0.15) is 39.0 Å². The van der Waals surface area contributed by atoms with Crippen LogP contribution in [0.3, 0.4) is 0 Å². The topological polar surface area (TPSA) is 65.4 Å². The third kappa shape index (κ3) is 2.11. The predicted molar refractivity (Wildman–Crippen MR) is 69.8 cm³/mol. The van der Waals surface area contributed by atoms with Crippen molar-refractivity contribution in [3.05, 3.63) is 0 Å². The fourth-order valence-corrected chi connectivity index (χ4v) is 3.20. The lowest BCUT2D eigenvalue weighted by Crippen LogP contribution is -2.52. The molecule has 5 heteroatoms. The maximum absolute atomic E-state index is 11.9. The maximum Gasteiger partial charge on any atom is 0.323 e. The van der Waals surface area contributed by atoms with Crippen molar-refractivity contribution >= 4 is 11.9 Å². The molecule has 0 atom stereocenters. The van der Waals surface area contributed by atoms with Crippen molar-refractivity contribution in [1.82, 2.24) is 10.2 Å². The average Bonchev–Trinajstić information content (AvgIpc) is 2.60. The lowest BCUT2D eigenvalue weighted by Gasteiger charge is -2.41. The van der Waals surface area contributed by atoms with E-state index < -0.39 is 0 Å². The van der Waals surface area contributed by atoms with Crippen LogP contribution in [-0.4, -0.2) is 42.6 Å². The minimum Gasteiger partial charge on any atom is -0.383 e. The van der Waals surface area contributed by atoms with Crippen LogP contribution in [0, 0.1) is 11.3 Å². The summed E-state index contributed by atoms with van der Waals surface area (Å²) >= 11 is 0. The largest absolute Gasteiger partial charge is 0.383 e. The summed E-state index contributed by atoms with van der Waals surface area (Å²) in [7, 11) is 1.64.